The van der Waals surface area contributed by atoms with Gasteiger partial charge in [0.25, 0.3) is 5.91 Å². The molecular weight excluding hydrogens is 402 g/mol. The smallest absolute Gasteiger partial charge is 0.257 e. The zero-order valence-electron chi connectivity index (χ0n) is 19.3. The standard InChI is InChI=1S/C26H31N3O3/c1-17(2)19-11-7-9-18(3)24(19)27-22(30)13-8-16-28-25(32)20-10-5-6-12-21(20)29-23(31)14-15-26(28,29)4/h5-7,9-12,17H,8,13-16H2,1-4H3,(H,27,30). The molecule has 1 N–H and O–H groups in total. The van der Waals surface area contributed by atoms with Crippen LogP contribution >= 0.6 is 0 Å². The van der Waals surface area contributed by atoms with Crippen molar-refractivity contribution in [3.05, 3.63) is 59.2 Å². The third kappa shape index (κ3) is 3.68. The van der Waals surface area contributed by atoms with Crippen LogP contribution in [0.2, 0.25) is 0 Å². The van der Waals surface area contributed by atoms with E-state index in [1.165, 1.54) is 0 Å². The third-order valence-electron chi connectivity index (χ3n) is 6.72. The molecule has 4 rings (SSSR count). The van der Waals surface area contributed by atoms with Crippen LogP contribution in [0.25, 0.3) is 0 Å². The second-order valence-electron chi connectivity index (χ2n) is 9.27. The molecule has 3 amide bonds. The first kappa shape index (κ1) is 22.1. The summed E-state index contributed by atoms with van der Waals surface area (Å²) in [5.41, 5.74) is 3.60. The van der Waals surface area contributed by atoms with E-state index in [9.17, 15) is 14.4 Å². The lowest BCUT2D eigenvalue weighted by Crippen LogP contribution is -2.62. The Labute approximate surface area is 189 Å². The van der Waals surface area contributed by atoms with E-state index >= 15 is 0 Å². The molecule has 2 aliphatic heterocycles. The van der Waals surface area contributed by atoms with E-state index in [-0.39, 0.29) is 17.7 Å². The van der Waals surface area contributed by atoms with Crippen molar-refractivity contribution in [3.63, 3.8) is 0 Å². The molecule has 1 atom stereocenters. The van der Waals surface area contributed by atoms with Crippen molar-refractivity contribution < 1.29 is 14.4 Å². The molecule has 2 aromatic carbocycles. The Morgan fingerprint density at radius 2 is 1.88 bits per heavy atom. The van der Waals surface area contributed by atoms with Crippen molar-refractivity contribution in [1.29, 1.82) is 0 Å². The van der Waals surface area contributed by atoms with Gasteiger partial charge in [0.2, 0.25) is 11.8 Å². The Bertz CT molecular complexity index is 1080. The van der Waals surface area contributed by atoms with Gasteiger partial charge in [-0.25, -0.2) is 0 Å². The van der Waals surface area contributed by atoms with E-state index < -0.39 is 5.66 Å². The first-order valence-electron chi connectivity index (χ1n) is 11.4. The Hall–Kier alpha value is -3.15. The predicted octanol–water partition coefficient (Wildman–Crippen LogP) is 4.84. The van der Waals surface area contributed by atoms with Crippen LogP contribution in [0.1, 0.15) is 73.9 Å². The van der Waals surface area contributed by atoms with Crippen LogP contribution in [0, 0.1) is 6.92 Å². The van der Waals surface area contributed by atoms with E-state index in [0.29, 0.717) is 49.4 Å². The van der Waals surface area contributed by atoms with Gasteiger partial charge in [-0.1, -0.05) is 44.2 Å². The lowest BCUT2D eigenvalue weighted by Gasteiger charge is -2.48. The molecule has 1 fully saturated rings. The zero-order valence-corrected chi connectivity index (χ0v) is 19.3. The molecule has 6 nitrogen and oxygen atoms in total. The number of hydrogen-bond acceptors (Lipinski definition) is 3. The number of hydrogen-bond donors (Lipinski definition) is 1. The molecule has 6 heteroatoms. The number of aryl methyl sites for hydroxylation is 1. The Morgan fingerprint density at radius 1 is 1.12 bits per heavy atom. The van der Waals surface area contributed by atoms with Crippen LogP contribution in [0.3, 0.4) is 0 Å². The van der Waals surface area contributed by atoms with Crippen molar-refractivity contribution in [1.82, 2.24) is 4.90 Å². The van der Waals surface area contributed by atoms with Gasteiger partial charge in [-0.3, -0.25) is 19.3 Å². The minimum Gasteiger partial charge on any atom is -0.326 e. The fraction of sp³-hybridized carbons (Fsp3) is 0.423. The second kappa shape index (κ2) is 8.41. The monoisotopic (exact) mass is 433 g/mol. The molecule has 2 aliphatic rings. The molecule has 2 aromatic rings. The maximum absolute atomic E-state index is 13.3. The van der Waals surface area contributed by atoms with Crippen molar-refractivity contribution in [2.75, 3.05) is 16.8 Å². The number of benzene rings is 2. The summed E-state index contributed by atoms with van der Waals surface area (Å²) in [5, 5.41) is 3.08. The van der Waals surface area contributed by atoms with Crippen LogP contribution in [-0.2, 0) is 9.59 Å². The predicted molar refractivity (Wildman–Crippen MR) is 126 cm³/mol. The molecule has 2 heterocycles. The molecule has 0 bridgehead atoms. The quantitative estimate of drug-likeness (QED) is 0.709. The van der Waals surface area contributed by atoms with Crippen LogP contribution in [0.4, 0.5) is 11.4 Å². The summed E-state index contributed by atoms with van der Waals surface area (Å²) in [7, 11) is 0. The molecule has 0 spiro atoms. The Kier molecular flexibility index (Phi) is 5.80. The van der Waals surface area contributed by atoms with Crippen LogP contribution in [-0.4, -0.2) is 34.8 Å². The Morgan fingerprint density at radius 3 is 2.62 bits per heavy atom. The number of fused-ring (bicyclic) bond motifs is 3. The first-order valence-corrected chi connectivity index (χ1v) is 11.4. The molecular formula is C26H31N3O3. The lowest BCUT2D eigenvalue weighted by atomic mass is 9.97. The minimum atomic E-state index is -0.681. The molecule has 1 unspecified atom stereocenters. The van der Waals surface area contributed by atoms with Crippen molar-refractivity contribution in [2.24, 2.45) is 0 Å². The van der Waals surface area contributed by atoms with Crippen molar-refractivity contribution in [3.8, 4) is 0 Å². The van der Waals surface area contributed by atoms with E-state index in [0.717, 1.165) is 16.8 Å². The maximum atomic E-state index is 13.3. The average molecular weight is 434 g/mol. The molecule has 32 heavy (non-hydrogen) atoms. The number of para-hydroxylation sites is 2. The van der Waals surface area contributed by atoms with Gasteiger partial charge in [-0.15, -0.1) is 0 Å². The lowest BCUT2D eigenvalue weighted by molar-refractivity contribution is -0.118. The van der Waals surface area contributed by atoms with Gasteiger partial charge in [0.1, 0.15) is 5.66 Å². The molecule has 0 aromatic heterocycles. The Balaban J connectivity index is 1.47. The number of nitrogens with one attached hydrogen (secondary N) is 1. The second-order valence-corrected chi connectivity index (χ2v) is 9.27. The summed E-state index contributed by atoms with van der Waals surface area (Å²) < 4.78 is 0. The van der Waals surface area contributed by atoms with E-state index in [4.69, 9.17) is 0 Å². The van der Waals surface area contributed by atoms with Gasteiger partial charge in [-0.05, 0) is 55.9 Å². The maximum Gasteiger partial charge on any atom is 0.257 e. The molecule has 0 radical (unpaired) electrons. The summed E-state index contributed by atoms with van der Waals surface area (Å²) >= 11 is 0. The van der Waals surface area contributed by atoms with Gasteiger partial charge < -0.3 is 10.2 Å². The SMILES string of the molecule is Cc1cccc(C(C)C)c1NC(=O)CCCN1C(=O)c2ccccc2N2C(=O)CCC12C. The molecule has 0 saturated carbocycles. The normalized spacial score (nSPS) is 19.9. The summed E-state index contributed by atoms with van der Waals surface area (Å²) in [6.07, 6.45) is 1.85. The largest absolute Gasteiger partial charge is 0.326 e. The number of anilines is 2. The van der Waals surface area contributed by atoms with E-state index in [1.54, 1.807) is 15.9 Å². The van der Waals surface area contributed by atoms with E-state index in [1.807, 2.05) is 50.2 Å². The average Bonchev–Trinajstić information content (AvgIpc) is 3.07. The first-order chi connectivity index (χ1) is 15.2. The van der Waals surface area contributed by atoms with Crippen LogP contribution in [0.5, 0.6) is 0 Å². The van der Waals surface area contributed by atoms with Crippen LogP contribution < -0.4 is 10.2 Å². The summed E-state index contributed by atoms with van der Waals surface area (Å²) in [4.78, 5) is 42.2. The number of carbonyl (C=O) groups excluding carboxylic acids is 3. The highest BCUT2D eigenvalue weighted by Gasteiger charge is 2.52. The van der Waals surface area contributed by atoms with Gasteiger partial charge in [0.05, 0.1) is 11.3 Å². The number of carbonyl (C=O) groups is 3. The van der Waals surface area contributed by atoms with Crippen LogP contribution in [0.15, 0.2) is 42.5 Å². The van der Waals surface area contributed by atoms with Crippen molar-refractivity contribution >= 4 is 29.1 Å². The summed E-state index contributed by atoms with van der Waals surface area (Å²) in [6, 6.07) is 13.3. The fourth-order valence-corrected chi connectivity index (χ4v) is 4.98. The zero-order chi connectivity index (χ0) is 23.0. The third-order valence-corrected chi connectivity index (χ3v) is 6.72. The minimum absolute atomic E-state index is 0.0379. The number of amides is 3. The molecule has 1 saturated heterocycles. The summed E-state index contributed by atoms with van der Waals surface area (Å²) in [5.74, 6) is 0.212. The van der Waals surface area contributed by atoms with Gasteiger partial charge in [0.15, 0.2) is 0 Å². The van der Waals surface area contributed by atoms with Gasteiger partial charge in [0, 0.05) is 25.1 Å². The molecule has 0 aliphatic carbocycles. The summed E-state index contributed by atoms with van der Waals surface area (Å²) in [6.45, 7) is 8.59. The number of nitrogens with zero attached hydrogens (tertiary/aromatic N) is 2. The highest BCUT2D eigenvalue weighted by atomic mass is 16.2. The van der Waals surface area contributed by atoms with E-state index in [2.05, 4.69) is 19.2 Å². The fourth-order valence-electron chi connectivity index (χ4n) is 4.98. The molecule has 168 valence electrons. The van der Waals surface area contributed by atoms with Gasteiger partial charge >= 0.3 is 0 Å². The van der Waals surface area contributed by atoms with Gasteiger partial charge in [-0.2, -0.15) is 0 Å². The van der Waals surface area contributed by atoms with Crippen molar-refractivity contribution in [2.45, 2.75) is 65.0 Å². The highest BCUT2D eigenvalue weighted by molar-refractivity contribution is 6.10. The topological polar surface area (TPSA) is 69.7 Å². The number of rotatable bonds is 6. The highest BCUT2D eigenvalue weighted by Crippen LogP contribution is 2.44.